The number of hydrogen-bond donors (Lipinski definition) is 0. The summed E-state index contributed by atoms with van der Waals surface area (Å²) in [5.41, 5.74) is 1.53. The molecule has 0 aliphatic heterocycles. The van der Waals surface area contributed by atoms with E-state index in [0.717, 1.165) is 0 Å². The van der Waals surface area contributed by atoms with Crippen molar-refractivity contribution in [3.8, 4) is 0 Å². The van der Waals surface area contributed by atoms with Crippen molar-refractivity contribution in [2.45, 2.75) is 29.6 Å². The molecule has 2 rings (SSSR count). The highest BCUT2D eigenvalue weighted by atomic mass is 32.2. The van der Waals surface area contributed by atoms with Gasteiger partial charge >= 0.3 is 5.97 Å². The van der Waals surface area contributed by atoms with E-state index >= 15 is 0 Å². The maximum absolute atomic E-state index is 12.7. The van der Waals surface area contributed by atoms with Crippen LogP contribution in [0.4, 0.5) is 0 Å². The highest BCUT2D eigenvalue weighted by molar-refractivity contribution is 7.85. The molecule has 2 aromatic carbocycles. The van der Waals surface area contributed by atoms with Gasteiger partial charge in [0.25, 0.3) is 0 Å². The van der Waals surface area contributed by atoms with Crippen LogP contribution in [0.2, 0.25) is 0 Å². The summed E-state index contributed by atoms with van der Waals surface area (Å²) >= 11 is 0. The van der Waals surface area contributed by atoms with Gasteiger partial charge in [-0.2, -0.15) is 0 Å². The molecule has 2 aromatic rings. The number of benzene rings is 2. The average molecular weight is 302 g/mol. The number of carbonyl (C=O) groups excluding carboxylic acids is 1. The topological polar surface area (TPSA) is 43.4 Å². The van der Waals surface area contributed by atoms with Crippen LogP contribution in [0.1, 0.15) is 35.7 Å². The molecule has 0 bridgehead atoms. The first kappa shape index (κ1) is 15.4. The van der Waals surface area contributed by atoms with E-state index in [1.54, 1.807) is 24.3 Å². The predicted octanol–water partition coefficient (Wildman–Crippen LogP) is 3.76. The van der Waals surface area contributed by atoms with Crippen LogP contribution < -0.4 is 0 Å². The molecule has 0 aromatic heterocycles. The van der Waals surface area contributed by atoms with Crippen LogP contribution in [0, 0.1) is 0 Å². The zero-order chi connectivity index (χ0) is 15.4. The van der Waals surface area contributed by atoms with Gasteiger partial charge in [0, 0.05) is 4.90 Å². The number of ether oxygens (including phenoxy) is 1. The largest absolute Gasteiger partial charge is 0.465 e. The van der Waals surface area contributed by atoms with E-state index in [2.05, 4.69) is 13.8 Å². The first-order valence-corrected chi connectivity index (χ1v) is 7.88. The van der Waals surface area contributed by atoms with Gasteiger partial charge in [-0.1, -0.05) is 38.1 Å². The standard InChI is InChI=1S/C17H18O3S/c1-12(2)13-8-10-14(11-9-13)21(19)16-7-5-4-6-15(16)17(18)20-3/h4-12H,1-3H3. The van der Waals surface area contributed by atoms with Gasteiger partial charge in [0.1, 0.15) is 0 Å². The van der Waals surface area contributed by atoms with Crippen molar-refractivity contribution in [2.24, 2.45) is 0 Å². The fourth-order valence-corrected chi connectivity index (χ4v) is 3.20. The van der Waals surface area contributed by atoms with Crippen LogP contribution in [0.25, 0.3) is 0 Å². The lowest BCUT2D eigenvalue weighted by atomic mass is 10.0. The van der Waals surface area contributed by atoms with Gasteiger partial charge in [0.2, 0.25) is 0 Å². The third-order valence-corrected chi connectivity index (χ3v) is 4.71. The van der Waals surface area contributed by atoms with Gasteiger partial charge in [0.15, 0.2) is 0 Å². The monoisotopic (exact) mass is 302 g/mol. The van der Waals surface area contributed by atoms with E-state index < -0.39 is 16.8 Å². The number of rotatable bonds is 4. The highest BCUT2D eigenvalue weighted by Gasteiger charge is 2.17. The summed E-state index contributed by atoms with van der Waals surface area (Å²) in [7, 11) is -0.0839. The van der Waals surface area contributed by atoms with E-state index in [4.69, 9.17) is 4.74 Å². The predicted molar refractivity (Wildman–Crippen MR) is 83.0 cm³/mol. The number of esters is 1. The average Bonchev–Trinajstić information content (AvgIpc) is 2.53. The van der Waals surface area contributed by atoms with Gasteiger partial charge in [-0.25, -0.2) is 9.00 Å². The Morgan fingerprint density at radius 1 is 1.05 bits per heavy atom. The van der Waals surface area contributed by atoms with E-state index in [-0.39, 0.29) is 0 Å². The van der Waals surface area contributed by atoms with Crippen LogP contribution in [0.3, 0.4) is 0 Å². The molecule has 0 heterocycles. The van der Waals surface area contributed by atoms with Gasteiger partial charge in [-0.15, -0.1) is 0 Å². The normalized spacial score (nSPS) is 12.2. The Labute approximate surface area is 127 Å². The Bertz CT molecular complexity index is 660. The summed E-state index contributed by atoms with van der Waals surface area (Å²) in [5, 5.41) is 0. The molecule has 0 fully saturated rings. The molecule has 0 spiro atoms. The van der Waals surface area contributed by atoms with Crippen molar-refractivity contribution in [3.05, 3.63) is 59.7 Å². The van der Waals surface area contributed by atoms with Crippen LogP contribution in [-0.2, 0) is 15.5 Å². The molecule has 110 valence electrons. The number of carbonyl (C=O) groups is 1. The van der Waals surface area contributed by atoms with Gasteiger partial charge < -0.3 is 4.74 Å². The Morgan fingerprint density at radius 3 is 2.24 bits per heavy atom. The van der Waals surface area contributed by atoms with E-state index in [9.17, 15) is 9.00 Å². The van der Waals surface area contributed by atoms with E-state index in [0.29, 0.717) is 21.3 Å². The Balaban J connectivity index is 2.38. The molecule has 0 N–H and O–H groups in total. The smallest absolute Gasteiger partial charge is 0.339 e. The summed E-state index contributed by atoms with van der Waals surface area (Å²) in [4.78, 5) is 12.9. The van der Waals surface area contributed by atoms with Crippen LogP contribution >= 0.6 is 0 Å². The Morgan fingerprint density at radius 2 is 1.67 bits per heavy atom. The van der Waals surface area contributed by atoms with Crippen LogP contribution in [0.15, 0.2) is 58.3 Å². The Hall–Kier alpha value is -1.94. The summed E-state index contributed by atoms with van der Waals surface area (Å²) in [6, 6.07) is 14.5. The number of hydrogen-bond acceptors (Lipinski definition) is 3. The summed E-state index contributed by atoms with van der Waals surface area (Å²) in [6.45, 7) is 4.22. The van der Waals surface area contributed by atoms with Crippen molar-refractivity contribution >= 4 is 16.8 Å². The minimum Gasteiger partial charge on any atom is -0.465 e. The molecular weight excluding hydrogens is 284 g/mol. The second-order valence-corrected chi connectivity index (χ2v) is 6.43. The number of methoxy groups -OCH3 is 1. The third kappa shape index (κ3) is 3.39. The van der Waals surface area contributed by atoms with Crippen molar-refractivity contribution in [1.29, 1.82) is 0 Å². The first-order valence-electron chi connectivity index (χ1n) is 6.73. The van der Waals surface area contributed by atoms with Crippen molar-refractivity contribution in [1.82, 2.24) is 0 Å². The zero-order valence-electron chi connectivity index (χ0n) is 12.3. The molecule has 4 heteroatoms. The molecule has 21 heavy (non-hydrogen) atoms. The molecule has 0 radical (unpaired) electrons. The minimum atomic E-state index is -1.40. The van der Waals surface area contributed by atoms with Crippen molar-refractivity contribution < 1.29 is 13.7 Å². The SMILES string of the molecule is COC(=O)c1ccccc1S(=O)c1ccc(C(C)C)cc1. The van der Waals surface area contributed by atoms with E-state index in [1.165, 1.54) is 12.7 Å². The summed E-state index contributed by atoms with van der Waals surface area (Å²) in [6.07, 6.45) is 0. The van der Waals surface area contributed by atoms with E-state index in [1.807, 2.05) is 24.3 Å². The van der Waals surface area contributed by atoms with Crippen molar-refractivity contribution in [3.63, 3.8) is 0 Å². The molecule has 0 aliphatic carbocycles. The maximum atomic E-state index is 12.7. The fourth-order valence-electron chi connectivity index (χ4n) is 2.01. The molecular formula is C17H18O3S. The summed E-state index contributed by atoms with van der Waals surface area (Å²) in [5.74, 6) is -0.0485. The van der Waals surface area contributed by atoms with Crippen LogP contribution in [-0.4, -0.2) is 17.3 Å². The lowest BCUT2D eigenvalue weighted by Gasteiger charge is -2.09. The molecule has 1 unspecified atom stereocenters. The van der Waals surface area contributed by atoms with Gasteiger partial charge in [-0.3, -0.25) is 0 Å². The molecule has 0 aliphatic rings. The molecule has 1 atom stereocenters. The third-order valence-electron chi connectivity index (χ3n) is 3.25. The summed E-state index contributed by atoms with van der Waals surface area (Å²) < 4.78 is 17.4. The lowest BCUT2D eigenvalue weighted by Crippen LogP contribution is -2.07. The molecule has 0 amide bonds. The molecule has 3 nitrogen and oxygen atoms in total. The quantitative estimate of drug-likeness (QED) is 0.808. The lowest BCUT2D eigenvalue weighted by molar-refractivity contribution is 0.0596. The first-order chi connectivity index (χ1) is 10.0. The van der Waals surface area contributed by atoms with Gasteiger partial charge in [0.05, 0.1) is 28.4 Å². The van der Waals surface area contributed by atoms with Crippen LogP contribution in [0.5, 0.6) is 0 Å². The highest BCUT2D eigenvalue weighted by Crippen LogP contribution is 2.23. The Kier molecular flexibility index (Phi) is 4.91. The zero-order valence-corrected chi connectivity index (χ0v) is 13.1. The van der Waals surface area contributed by atoms with Gasteiger partial charge in [-0.05, 0) is 35.7 Å². The minimum absolute atomic E-state index is 0.339. The second kappa shape index (κ2) is 6.68. The maximum Gasteiger partial charge on any atom is 0.339 e. The second-order valence-electron chi connectivity index (χ2n) is 4.98. The fraction of sp³-hybridized carbons (Fsp3) is 0.235. The molecule has 0 saturated heterocycles. The molecule has 0 saturated carbocycles. The van der Waals surface area contributed by atoms with Crippen molar-refractivity contribution in [2.75, 3.05) is 7.11 Å².